The number of aliphatic imine (C=N–C) groups is 2. The second-order valence-corrected chi connectivity index (χ2v) is 17.1. The molecule has 65 heavy (non-hydrogen) atoms. The summed E-state index contributed by atoms with van der Waals surface area (Å²) in [6.07, 6.45) is 1.10. The Labute approximate surface area is 381 Å². The highest BCUT2D eigenvalue weighted by atomic mass is 35.5. The molecule has 5 aromatic carbocycles. The normalized spacial score (nSPS) is 14.5. The molecule has 354 valence electrons. The van der Waals surface area contributed by atoms with E-state index in [1.807, 2.05) is 0 Å². The number of para-hydroxylation sites is 2. The molecule has 0 aromatic heterocycles. The number of hydrogen-bond donors (Lipinski definition) is 13. The predicted octanol–water partition coefficient (Wildman–Crippen LogP) is 6.45. The van der Waals surface area contributed by atoms with Crippen LogP contribution in [-0.4, -0.2) is 94.1 Å². The van der Waals surface area contributed by atoms with E-state index >= 15 is 0 Å². The summed E-state index contributed by atoms with van der Waals surface area (Å²) < 4.78 is 96.9. The van der Waals surface area contributed by atoms with Crippen LogP contribution in [0.5, 0.6) is 28.7 Å². The third-order valence-corrected chi connectivity index (χ3v) is 11.0. The van der Waals surface area contributed by atoms with Gasteiger partial charge in [-0.2, -0.15) is 25.3 Å². The first-order valence-electron chi connectivity index (χ1n) is 17.3. The number of nitrogens with two attached hydrogens (primary N) is 2. The van der Waals surface area contributed by atoms with Crippen LogP contribution < -0.4 is 22.1 Å². The number of rotatable bonds is 8. The highest BCUT2D eigenvalue weighted by molar-refractivity contribution is 7.86. The number of aliphatic hydroxyl groups excluding tert-OH is 1. The SMILES string of the molecule is C.C.CNc1ccc(Nc2cc(O)c(N=C3C=CC(=Nc4cc(O)c(C)cc4S(=O)(=O)O)C(O)C3)cc2S(=O)(=O)O)c(O)c1.Cl.Nc1cc(S(=O)(=O)O)ccc1O.Nc1ccccc1O. The fourth-order valence-corrected chi connectivity index (χ4v) is 7.04. The van der Waals surface area contributed by atoms with Crippen LogP contribution in [0.4, 0.5) is 39.8 Å². The number of nitrogens with one attached hydrogen (secondary N) is 2. The zero-order valence-corrected chi connectivity index (χ0v) is 35.9. The van der Waals surface area contributed by atoms with Gasteiger partial charge in [-0.05, 0) is 79.2 Å². The molecule has 1 aliphatic carbocycles. The minimum Gasteiger partial charge on any atom is -0.508 e. The molecule has 0 aliphatic heterocycles. The Morgan fingerprint density at radius 3 is 1.74 bits per heavy atom. The zero-order chi connectivity index (χ0) is 46.3. The molecule has 25 heteroatoms. The van der Waals surface area contributed by atoms with Crippen LogP contribution in [0.1, 0.15) is 26.8 Å². The Hall–Kier alpha value is -6.64. The maximum atomic E-state index is 12.2. The molecule has 1 aliphatic rings. The van der Waals surface area contributed by atoms with Crippen LogP contribution in [0.15, 0.2) is 122 Å². The van der Waals surface area contributed by atoms with Crippen molar-refractivity contribution < 1.29 is 69.6 Å². The Kier molecular flexibility index (Phi) is 19.8. The summed E-state index contributed by atoms with van der Waals surface area (Å²) in [6.45, 7) is 1.43. The van der Waals surface area contributed by atoms with E-state index in [1.165, 1.54) is 31.2 Å². The summed E-state index contributed by atoms with van der Waals surface area (Å²) >= 11 is 0. The molecule has 0 saturated carbocycles. The van der Waals surface area contributed by atoms with Crippen molar-refractivity contribution in [3.63, 3.8) is 0 Å². The van der Waals surface area contributed by atoms with E-state index in [9.17, 15) is 54.8 Å². The van der Waals surface area contributed by atoms with Gasteiger partial charge in [0.2, 0.25) is 0 Å². The Morgan fingerprint density at radius 2 is 1.23 bits per heavy atom. The Morgan fingerprint density at radius 1 is 0.615 bits per heavy atom. The molecule has 0 radical (unpaired) electrons. The lowest BCUT2D eigenvalue weighted by Gasteiger charge is -2.18. The van der Waals surface area contributed by atoms with Crippen LogP contribution in [0.25, 0.3) is 0 Å². The van der Waals surface area contributed by atoms with Gasteiger partial charge in [0.1, 0.15) is 50.3 Å². The van der Waals surface area contributed by atoms with Crippen molar-refractivity contribution in [1.82, 2.24) is 0 Å². The molecule has 0 fully saturated rings. The fourth-order valence-electron chi connectivity index (χ4n) is 5.18. The van der Waals surface area contributed by atoms with Crippen LogP contribution in [-0.2, 0) is 30.4 Å². The maximum Gasteiger partial charge on any atom is 0.296 e. The zero-order valence-electron chi connectivity index (χ0n) is 32.7. The first-order chi connectivity index (χ1) is 28.8. The summed E-state index contributed by atoms with van der Waals surface area (Å²) in [5, 5.41) is 64.7. The first-order valence-corrected chi connectivity index (χ1v) is 21.7. The van der Waals surface area contributed by atoms with Crippen molar-refractivity contribution in [2.24, 2.45) is 9.98 Å². The number of halogens is 1. The lowest BCUT2D eigenvalue weighted by Crippen LogP contribution is -2.25. The van der Waals surface area contributed by atoms with Gasteiger partial charge in [-0.25, -0.2) is 9.98 Å². The van der Waals surface area contributed by atoms with Crippen molar-refractivity contribution in [2.45, 2.75) is 49.0 Å². The molecule has 0 bridgehead atoms. The van der Waals surface area contributed by atoms with Crippen LogP contribution in [0.3, 0.4) is 0 Å². The molecule has 6 rings (SSSR count). The van der Waals surface area contributed by atoms with Crippen molar-refractivity contribution in [2.75, 3.05) is 29.1 Å². The van der Waals surface area contributed by atoms with E-state index in [2.05, 4.69) is 20.6 Å². The number of phenols is 5. The number of aromatic hydroxyl groups is 5. The van der Waals surface area contributed by atoms with Gasteiger partial charge in [0, 0.05) is 43.1 Å². The molecule has 0 saturated heterocycles. The third-order valence-electron chi connectivity index (χ3n) is 8.40. The van der Waals surface area contributed by atoms with E-state index in [0.717, 1.165) is 42.5 Å². The van der Waals surface area contributed by atoms with E-state index in [1.54, 1.807) is 37.4 Å². The molecular formula is C40H49ClN6O15S3. The first kappa shape index (κ1) is 56.4. The molecule has 0 amide bonds. The highest BCUT2D eigenvalue weighted by Gasteiger charge is 2.24. The molecule has 5 aromatic rings. The van der Waals surface area contributed by atoms with Gasteiger partial charge in [-0.1, -0.05) is 27.0 Å². The summed E-state index contributed by atoms with van der Waals surface area (Å²) in [4.78, 5) is 6.69. The topological polar surface area (TPSA) is 385 Å². The monoisotopic (exact) mass is 984 g/mol. The number of aliphatic hydroxyl groups is 1. The van der Waals surface area contributed by atoms with E-state index < -0.39 is 52.0 Å². The number of phenolic OH excluding ortho intramolecular Hbond substituents is 5. The van der Waals surface area contributed by atoms with E-state index in [0.29, 0.717) is 11.4 Å². The van der Waals surface area contributed by atoms with Gasteiger partial charge in [0.25, 0.3) is 30.4 Å². The number of anilines is 5. The summed E-state index contributed by atoms with van der Waals surface area (Å²) in [6, 6.07) is 18.2. The van der Waals surface area contributed by atoms with Crippen LogP contribution in [0, 0.1) is 6.92 Å². The minimum atomic E-state index is -4.85. The number of nitrogens with zero attached hydrogens (tertiary/aromatic N) is 2. The summed E-state index contributed by atoms with van der Waals surface area (Å²) in [5.74, 6) is -1.10. The summed E-state index contributed by atoms with van der Waals surface area (Å²) in [5.41, 5.74) is 10.9. The second-order valence-electron chi connectivity index (χ2n) is 12.9. The van der Waals surface area contributed by atoms with Gasteiger partial charge < -0.3 is 52.7 Å². The molecule has 15 N–H and O–H groups in total. The largest absolute Gasteiger partial charge is 0.508 e. The molecule has 1 atom stereocenters. The molecule has 1 unspecified atom stereocenters. The smallest absolute Gasteiger partial charge is 0.296 e. The second kappa shape index (κ2) is 22.8. The molecule has 0 spiro atoms. The molecule has 21 nitrogen and oxygen atoms in total. The Bertz CT molecular complexity index is 2930. The van der Waals surface area contributed by atoms with Gasteiger partial charge in [-0.3, -0.25) is 13.7 Å². The van der Waals surface area contributed by atoms with Crippen molar-refractivity contribution >= 4 is 94.0 Å². The van der Waals surface area contributed by atoms with Gasteiger partial charge in [-0.15, -0.1) is 12.4 Å². The number of nitrogen functional groups attached to an aromatic ring is 2. The number of benzene rings is 5. The van der Waals surface area contributed by atoms with Gasteiger partial charge in [0.05, 0.1) is 39.0 Å². The number of aryl methyl sites for hydroxylation is 1. The van der Waals surface area contributed by atoms with Gasteiger partial charge >= 0.3 is 0 Å². The van der Waals surface area contributed by atoms with E-state index in [4.69, 9.17) is 26.2 Å². The quantitative estimate of drug-likeness (QED) is 0.0451. The number of allylic oxidation sites excluding steroid dienone is 1. The predicted molar refractivity (Wildman–Crippen MR) is 251 cm³/mol. The average molecular weight is 986 g/mol. The van der Waals surface area contributed by atoms with Crippen LogP contribution >= 0.6 is 12.4 Å². The third kappa shape index (κ3) is 15.3. The van der Waals surface area contributed by atoms with Crippen molar-refractivity contribution in [3.8, 4) is 28.7 Å². The summed E-state index contributed by atoms with van der Waals surface area (Å²) in [7, 11) is -12.2. The molecular weight excluding hydrogens is 936 g/mol. The van der Waals surface area contributed by atoms with E-state index in [-0.39, 0.29) is 107 Å². The lowest BCUT2D eigenvalue weighted by molar-refractivity contribution is 0.250. The molecule has 0 heterocycles. The van der Waals surface area contributed by atoms with Crippen LogP contribution in [0.2, 0.25) is 0 Å². The number of hydrogen-bond acceptors (Lipinski definition) is 18. The maximum absolute atomic E-state index is 12.2. The van der Waals surface area contributed by atoms with Crippen molar-refractivity contribution in [3.05, 3.63) is 103 Å². The van der Waals surface area contributed by atoms with Gasteiger partial charge in [0.15, 0.2) is 0 Å². The highest BCUT2D eigenvalue weighted by Crippen LogP contribution is 2.39. The average Bonchev–Trinajstić information content (AvgIpc) is 3.17. The lowest BCUT2D eigenvalue weighted by atomic mass is 10.0. The Balaban J connectivity index is 0.000000755. The van der Waals surface area contributed by atoms with Crippen molar-refractivity contribution in [1.29, 1.82) is 0 Å². The standard InChI is InChI=1S/C26H26N4O10S2.C6H7NO4S.C6H7NO.2CH4.ClH/c1-13-7-25(41(35,36)37)19(10-21(13)31)29-17-6-4-15(9-23(17)33)28-18-12-26(42(38,39)40)20(11-24(18)34)30-16-5-3-14(27-2)8-22(16)32;7-5-3-4(12(9,10)11)1-2-6(5)8;7-5-3-1-2-4-6(5)8;;;/h3-8,10-12,23,27,30-34H,9H2,1-2H3,(H,35,36,37)(H,38,39,40);1-3,8H,7H2,(H,9,10,11);1-4,8H,7H2;2*1H4;1H. The minimum absolute atomic E-state index is 0. The fraction of sp³-hybridized carbons (Fsp3) is 0.150.